The number of hydrogen-bond donors (Lipinski definition) is 1. The van der Waals surface area contributed by atoms with Gasteiger partial charge in [0.2, 0.25) is 0 Å². The predicted octanol–water partition coefficient (Wildman–Crippen LogP) is 5.13. The van der Waals surface area contributed by atoms with Gasteiger partial charge in [-0.05, 0) is 35.4 Å². The average Bonchev–Trinajstić information content (AvgIpc) is 3.23. The molecule has 4 rings (SSSR count). The Morgan fingerprint density at radius 3 is 2.65 bits per heavy atom. The minimum Gasteiger partial charge on any atom is -0.456 e. The number of thiazole rings is 1. The second-order valence-corrected chi connectivity index (χ2v) is 6.83. The third-order valence-corrected chi connectivity index (χ3v) is 5.10. The van der Waals surface area contributed by atoms with Crippen LogP contribution in [0, 0.1) is 0 Å². The van der Waals surface area contributed by atoms with Crippen LogP contribution in [0.1, 0.15) is 24.6 Å². The van der Waals surface area contributed by atoms with E-state index >= 15 is 0 Å². The highest BCUT2D eigenvalue weighted by Crippen LogP contribution is 2.34. The molecule has 1 N–H and O–H groups in total. The molecule has 4 nitrogen and oxygen atoms in total. The third kappa shape index (κ3) is 3.07. The van der Waals surface area contributed by atoms with Crippen molar-refractivity contribution in [1.82, 2.24) is 9.97 Å². The molecule has 2 aromatic carbocycles. The van der Waals surface area contributed by atoms with E-state index in [9.17, 15) is 5.11 Å². The fourth-order valence-corrected chi connectivity index (χ4v) is 3.64. The smallest absolute Gasteiger partial charge is 0.146 e. The Labute approximate surface area is 155 Å². The average molecular weight is 362 g/mol. The molecule has 0 aliphatic heterocycles. The molecule has 0 radical (unpaired) electrons. The molecule has 2 heterocycles. The fraction of sp³-hybridized carbons (Fsp3) is 0.143. The molecular formula is C21H18N2O2S. The molecule has 5 heteroatoms. The van der Waals surface area contributed by atoms with E-state index in [1.165, 1.54) is 11.3 Å². The Balaban J connectivity index is 1.66. The lowest BCUT2D eigenvalue weighted by Gasteiger charge is -2.25. The third-order valence-electron chi connectivity index (χ3n) is 4.52. The van der Waals surface area contributed by atoms with Crippen LogP contribution >= 0.6 is 11.3 Å². The summed E-state index contributed by atoms with van der Waals surface area (Å²) in [7, 11) is 0. The van der Waals surface area contributed by atoms with Crippen LogP contribution in [-0.4, -0.2) is 15.1 Å². The molecule has 2 aromatic heterocycles. The SMILES string of the molecule is CCC(O)(c1cncc(Oc2ccc3ccccc3c2)c1)c1cscn1. The van der Waals surface area contributed by atoms with Crippen molar-refractivity contribution >= 4 is 22.1 Å². The molecule has 0 bridgehead atoms. The maximum absolute atomic E-state index is 11.1. The number of benzene rings is 2. The number of rotatable bonds is 5. The first kappa shape index (κ1) is 16.7. The molecular weight excluding hydrogens is 344 g/mol. The molecule has 1 unspecified atom stereocenters. The molecule has 0 aliphatic carbocycles. The Morgan fingerprint density at radius 1 is 1.04 bits per heavy atom. The molecule has 0 aliphatic rings. The minimum atomic E-state index is -1.17. The van der Waals surface area contributed by atoms with Gasteiger partial charge < -0.3 is 9.84 Å². The van der Waals surface area contributed by atoms with Crippen molar-refractivity contribution in [3.05, 3.63) is 83.1 Å². The van der Waals surface area contributed by atoms with Crippen molar-refractivity contribution in [3.8, 4) is 11.5 Å². The standard InChI is InChI=1S/C21H18N2O2S/c1-2-21(24,20-13-26-14-23-20)17-10-19(12-22-11-17)25-18-8-7-15-5-3-4-6-16(15)9-18/h3-14,24H,2H2,1H3. The van der Waals surface area contributed by atoms with Gasteiger partial charge in [0.15, 0.2) is 0 Å². The lowest BCUT2D eigenvalue weighted by molar-refractivity contribution is 0.0720. The summed E-state index contributed by atoms with van der Waals surface area (Å²) in [5, 5.41) is 15.3. The topological polar surface area (TPSA) is 55.2 Å². The molecule has 1 atom stereocenters. The highest BCUT2D eigenvalue weighted by atomic mass is 32.1. The van der Waals surface area contributed by atoms with Gasteiger partial charge in [0, 0.05) is 17.1 Å². The van der Waals surface area contributed by atoms with Crippen LogP contribution in [0.5, 0.6) is 11.5 Å². The molecule has 0 saturated heterocycles. The number of ether oxygens (including phenoxy) is 1. The zero-order valence-electron chi connectivity index (χ0n) is 14.3. The first-order chi connectivity index (χ1) is 12.7. The summed E-state index contributed by atoms with van der Waals surface area (Å²) in [6, 6.07) is 15.9. The van der Waals surface area contributed by atoms with Crippen molar-refractivity contribution in [2.45, 2.75) is 18.9 Å². The highest BCUT2D eigenvalue weighted by molar-refractivity contribution is 7.07. The van der Waals surface area contributed by atoms with Gasteiger partial charge in [-0.3, -0.25) is 4.98 Å². The Hall–Kier alpha value is -2.76. The van der Waals surface area contributed by atoms with Gasteiger partial charge in [-0.2, -0.15) is 0 Å². The van der Waals surface area contributed by atoms with E-state index < -0.39 is 5.60 Å². The Kier molecular flexibility index (Phi) is 4.41. The van der Waals surface area contributed by atoms with E-state index in [0.29, 0.717) is 23.4 Å². The van der Waals surface area contributed by atoms with Crippen molar-refractivity contribution in [2.24, 2.45) is 0 Å². The van der Waals surface area contributed by atoms with Crippen LogP contribution < -0.4 is 4.74 Å². The van der Waals surface area contributed by atoms with Crippen LogP contribution in [0.2, 0.25) is 0 Å². The number of aliphatic hydroxyl groups is 1. The second-order valence-electron chi connectivity index (χ2n) is 6.11. The zero-order chi connectivity index (χ0) is 18.0. The van der Waals surface area contributed by atoms with Crippen LogP contribution in [0.4, 0.5) is 0 Å². The molecule has 0 fully saturated rings. The lowest BCUT2D eigenvalue weighted by Crippen LogP contribution is -2.26. The predicted molar refractivity (Wildman–Crippen MR) is 104 cm³/mol. The monoisotopic (exact) mass is 362 g/mol. The molecule has 0 saturated carbocycles. The van der Waals surface area contributed by atoms with Gasteiger partial charge in [-0.25, -0.2) is 4.98 Å². The Bertz CT molecular complexity index is 1030. The first-order valence-electron chi connectivity index (χ1n) is 8.42. The Morgan fingerprint density at radius 2 is 1.88 bits per heavy atom. The number of nitrogens with zero attached hydrogens (tertiary/aromatic N) is 2. The van der Waals surface area contributed by atoms with Crippen molar-refractivity contribution in [2.75, 3.05) is 0 Å². The van der Waals surface area contributed by atoms with Gasteiger partial charge >= 0.3 is 0 Å². The van der Waals surface area contributed by atoms with E-state index in [2.05, 4.69) is 22.1 Å². The van der Waals surface area contributed by atoms with Crippen LogP contribution in [0.3, 0.4) is 0 Å². The summed E-state index contributed by atoms with van der Waals surface area (Å²) in [6.45, 7) is 1.93. The summed E-state index contributed by atoms with van der Waals surface area (Å²) in [6.07, 6.45) is 3.81. The molecule has 26 heavy (non-hydrogen) atoms. The van der Waals surface area contributed by atoms with Crippen molar-refractivity contribution in [3.63, 3.8) is 0 Å². The van der Waals surface area contributed by atoms with Crippen LogP contribution in [0.25, 0.3) is 10.8 Å². The van der Waals surface area contributed by atoms with Crippen molar-refractivity contribution in [1.29, 1.82) is 0 Å². The molecule has 130 valence electrons. The summed E-state index contributed by atoms with van der Waals surface area (Å²) >= 11 is 1.46. The van der Waals surface area contributed by atoms with Crippen LogP contribution in [0.15, 0.2) is 71.8 Å². The summed E-state index contributed by atoms with van der Waals surface area (Å²) in [4.78, 5) is 8.54. The van der Waals surface area contributed by atoms with Gasteiger partial charge in [0.05, 0.1) is 17.4 Å². The van der Waals surface area contributed by atoms with Gasteiger partial charge in [0.1, 0.15) is 17.1 Å². The zero-order valence-corrected chi connectivity index (χ0v) is 15.1. The van der Waals surface area contributed by atoms with Gasteiger partial charge in [-0.1, -0.05) is 37.3 Å². The van der Waals surface area contributed by atoms with E-state index in [0.717, 1.165) is 16.5 Å². The molecule has 4 aromatic rings. The van der Waals surface area contributed by atoms with Gasteiger partial charge in [0.25, 0.3) is 0 Å². The van der Waals surface area contributed by atoms with E-state index in [-0.39, 0.29) is 0 Å². The summed E-state index contributed by atoms with van der Waals surface area (Å²) < 4.78 is 5.99. The number of fused-ring (bicyclic) bond motifs is 1. The molecule has 0 amide bonds. The summed E-state index contributed by atoms with van der Waals surface area (Å²) in [5.41, 5.74) is 1.85. The maximum atomic E-state index is 11.1. The van der Waals surface area contributed by atoms with E-state index in [1.54, 1.807) is 17.9 Å². The maximum Gasteiger partial charge on any atom is 0.146 e. The molecule has 0 spiro atoms. The number of hydrogen-bond acceptors (Lipinski definition) is 5. The van der Waals surface area contributed by atoms with Gasteiger partial charge in [-0.15, -0.1) is 11.3 Å². The number of aromatic nitrogens is 2. The lowest BCUT2D eigenvalue weighted by atomic mass is 9.89. The van der Waals surface area contributed by atoms with E-state index in [4.69, 9.17) is 4.74 Å². The quantitative estimate of drug-likeness (QED) is 0.535. The number of pyridine rings is 1. The fourth-order valence-electron chi connectivity index (χ4n) is 3.02. The minimum absolute atomic E-state index is 0.498. The first-order valence-corrected chi connectivity index (χ1v) is 9.36. The normalized spacial score (nSPS) is 13.5. The van der Waals surface area contributed by atoms with Crippen LogP contribution in [-0.2, 0) is 5.60 Å². The largest absolute Gasteiger partial charge is 0.456 e. The van der Waals surface area contributed by atoms with E-state index in [1.807, 2.05) is 48.7 Å². The highest BCUT2D eigenvalue weighted by Gasteiger charge is 2.32. The summed E-state index contributed by atoms with van der Waals surface area (Å²) in [5.74, 6) is 1.32. The second kappa shape index (κ2) is 6.86. The van der Waals surface area contributed by atoms with Crippen molar-refractivity contribution < 1.29 is 9.84 Å².